The van der Waals surface area contributed by atoms with Gasteiger partial charge in [0, 0.05) is 31.0 Å². The molecule has 0 unspecified atom stereocenters. The number of aromatic nitrogens is 1. The number of likely N-dealkylation sites (tertiary alicyclic amines) is 1. The molecule has 4 rings (SSSR count). The van der Waals surface area contributed by atoms with Gasteiger partial charge in [0.2, 0.25) is 0 Å². The molecule has 138 valence electrons. The number of piperidine rings is 1. The van der Waals surface area contributed by atoms with E-state index < -0.39 is 0 Å². The summed E-state index contributed by atoms with van der Waals surface area (Å²) in [7, 11) is 0. The van der Waals surface area contributed by atoms with Gasteiger partial charge in [-0.15, -0.1) is 0 Å². The SMILES string of the molecule is CC(C)Cc1cc(C(=O)N2CCC3(CC2)c2ccccc2C[C@@H]3O)no1. The third-order valence-electron chi connectivity index (χ3n) is 5.94. The number of fused-ring (bicyclic) bond motifs is 2. The molecule has 0 radical (unpaired) electrons. The smallest absolute Gasteiger partial charge is 0.276 e. The molecule has 0 bridgehead atoms. The Balaban J connectivity index is 1.47. The molecule has 1 aliphatic heterocycles. The summed E-state index contributed by atoms with van der Waals surface area (Å²) in [4.78, 5) is 14.6. The molecule has 5 nitrogen and oxygen atoms in total. The summed E-state index contributed by atoms with van der Waals surface area (Å²) in [6.45, 7) is 5.49. The van der Waals surface area contributed by atoms with Crippen LogP contribution in [0.2, 0.25) is 0 Å². The Morgan fingerprint density at radius 2 is 2.08 bits per heavy atom. The molecule has 2 aliphatic rings. The summed E-state index contributed by atoms with van der Waals surface area (Å²) in [6.07, 6.45) is 2.71. The maximum atomic E-state index is 12.8. The van der Waals surface area contributed by atoms with Crippen LogP contribution in [0.4, 0.5) is 0 Å². The average Bonchev–Trinajstić information content (AvgIpc) is 3.19. The Morgan fingerprint density at radius 3 is 2.81 bits per heavy atom. The Bertz CT molecular complexity index is 803. The molecule has 26 heavy (non-hydrogen) atoms. The van der Waals surface area contributed by atoms with Crippen LogP contribution in [-0.4, -0.2) is 40.3 Å². The molecule has 5 heteroatoms. The van der Waals surface area contributed by atoms with Gasteiger partial charge in [0.15, 0.2) is 5.69 Å². The summed E-state index contributed by atoms with van der Waals surface area (Å²) in [5.74, 6) is 1.15. The van der Waals surface area contributed by atoms with Crippen molar-refractivity contribution in [1.82, 2.24) is 10.1 Å². The average molecular weight is 354 g/mol. The Hall–Kier alpha value is -2.14. The first-order valence-corrected chi connectivity index (χ1v) is 9.51. The van der Waals surface area contributed by atoms with E-state index in [-0.39, 0.29) is 17.4 Å². The number of nitrogens with zero attached hydrogens (tertiary/aromatic N) is 2. The number of hydrogen-bond acceptors (Lipinski definition) is 4. The third kappa shape index (κ3) is 2.84. The van der Waals surface area contributed by atoms with E-state index >= 15 is 0 Å². The van der Waals surface area contributed by atoms with Gasteiger partial charge in [-0.2, -0.15) is 0 Å². The van der Waals surface area contributed by atoms with Gasteiger partial charge in [-0.3, -0.25) is 4.79 Å². The highest BCUT2D eigenvalue weighted by molar-refractivity contribution is 5.92. The van der Waals surface area contributed by atoms with Gasteiger partial charge in [0.25, 0.3) is 5.91 Å². The first-order chi connectivity index (χ1) is 12.5. The van der Waals surface area contributed by atoms with Crippen LogP contribution in [0.25, 0.3) is 0 Å². The number of rotatable bonds is 3. The molecule has 1 aromatic heterocycles. The van der Waals surface area contributed by atoms with Crippen molar-refractivity contribution < 1.29 is 14.4 Å². The maximum Gasteiger partial charge on any atom is 0.276 e. The number of aliphatic hydroxyl groups is 1. The van der Waals surface area contributed by atoms with E-state index in [2.05, 4.69) is 31.1 Å². The van der Waals surface area contributed by atoms with Crippen LogP contribution in [0.3, 0.4) is 0 Å². The molecule has 1 aromatic carbocycles. The predicted octanol–water partition coefficient (Wildman–Crippen LogP) is 2.96. The minimum atomic E-state index is -0.359. The zero-order chi connectivity index (χ0) is 18.3. The Labute approximate surface area is 154 Å². The molecular formula is C21H26N2O3. The fourth-order valence-electron chi connectivity index (χ4n) is 4.55. The minimum absolute atomic E-state index is 0.0700. The van der Waals surface area contributed by atoms with Crippen molar-refractivity contribution in [2.45, 2.75) is 51.0 Å². The highest BCUT2D eigenvalue weighted by Crippen LogP contribution is 2.46. The molecule has 1 aliphatic carbocycles. The van der Waals surface area contributed by atoms with Crippen molar-refractivity contribution in [1.29, 1.82) is 0 Å². The zero-order valence-corrected chi connectivity index (χ0v) is 15.4. The number of carbonyl (C=O) groups is 1. The van der Waals surface area contributed by atoms with Gasteiger partial charge in [0.1, 0.15) is 5.76 Å². The number of amides is 1. The van der Waals surface area contributed by atoms with Crippen LogP contribution in [0.15, 0.2) is 34.9 Å². The summed E-state index contributed by atoms with van der Waals surface area (Å²) >= 11 is 0. The quantitative estimate of drug-likeness (QED) is 0.920. The molecule has 2 heterocycles. The lowest BCUT2D eigenvalue weighted by Crippen LogP contribution is -2.49. The highest BCUT2D eigenvalue weighted by atomic mass is 16.5. The molecule has 1 amide bonds. The molecule has 1 saturated heterocycles. The minimum Gasteiger partial charge on any atom is -0.392 e. The van der Waals surface area contributed by atoms with Crippen LogP contribution < -0.4 is 0 Å². The third-order valence-corrected chi connectivity index (χ3v) is 5.94. The van der Waals surface area contributed by atoms with Gasteiger partial charge < -0.3 is 14.5 Å². The zero-order valence-electron chi connectivity index (χ0n) is 15.4. The fourth-order valence-corrected chi connectivity index (χ4v) is 4.55. The second kappa shape index (κ2) is 6.54. The van der Waals surface area contributed by atoms with Crippen LogP contribution >= 0.6 is 0 Å². The Morgan fingerprint density at radius 1 is 1.35 bits per heavy atom. The van der Waals surface area contributed by atoms with E-state index in [0.29, 0.717) is 31.1 Å². The number of carbonyl (C=O) groups excluding carboxylic acids is 1. The highest BCUT2D eigenvalue weighted by Gasteiger charge is 2.48. The van der Waals surface area contributed by atoms with E-state index in [1.807, 2.05) is 17.0 Å². The lowest BCUT2D eigenvalue weighted by molar-refractivity contribution is 0.0360. The lowest BCUT2D eigenvalue weighted by atomic mass is 9.72. The molecule has 0 saturated carbocycles. The fraction of sp³-hybridized carbons (Fsp3) is 0.524. The van der Waals surface area contributed by atoms with E-state index in [1.54, 1.807) is 6.07 Å². The van der Waals surface area contributed by atoms with Gasteiger partial charge in [-0.05, 0) is 36.3 Å². The van der Waals surface area contributed by atoms with Crippen molar-refractivity contribution in [2.75, 3.05) is 13.1 Å². The normalized spacial score (nSPS) is 21.4. The standard InChI is InChI=1S/C21H26N2O3/c1-14(2)11-16-13-18(22-26-16)20(25)23-9-7-21(8-10-23)17-6-4-3-5-15(17)12-19(21)24/h3-6,13-14,19,24H,7-12H2,1-2H3/t19-/m0/s1. The van der Waals surface area contributed by atoms with Gasteiger partial charge in [-0.1, -0.05) is 43.3 Å². The van der Waals surface area contributed by atoms with E-state index in [0.717, 1.165) is 25.0 Å². The molecule has 1 fully saturated rings. The second-order valence-corrected chi connectivity index (χ2v) is 8.10. The van der Waals surface area contributed by atoms with Crippen molar-refractivity contribution in [3.05, 3.63) is 52.9 Å². The maximum absolute atomic E-state index is 12.8. The van der Waals surface area contributed by atoms with Gasteiger partial charge in [0.05, 0.1) is 6.10 Å². The Kier molecular flexibility index (Phi) is 4.35. The van der Waals surface area contributed by atoms with Crippen LogP contribution in [-0.2, 0) is 18.3 Å². The van der Waals surface area contributed by atoms with Crippen molar-refractivity contribution in [3.63, 3.8) is 0 Å². The van der Waals surface area contributed by atoms with Gasteiger partial charge in [-0.25, -0.2) is 0 Å². The first-order valence-electron chi connectivity index (χ1n) is 9.51. The van der Waals surface area contributed by atoms with Crippen LogP contribution in [0.5, 0.6) is 0 Å². The summed E-state index contributed by atoms with van der Waals surface area (Å²) in [5, 5.41) is 14.7. The van der Waals surface area contributed by atoms with E-state index in [4.69, 9.17) is 4.52 Å². The van der Waals surface area contributed by atoms with Crippen molar-refractivity contribution in [3.8, 4) is 0 Å². The summed E-state index contributed by atoms with van der Waals surface area (Å²) in [6, 6.07) is 10.1. The number of hydrogen-bond donors (Lipinski definition) is 1. The summed E-state index contributed by atoms with van der Waals surface area (Å²) < 4.78 is 5.31. The molecular weight excluding hydrogens is 328 g/mol. The first kappa shape index (κ1) is 17.3. The van der Waals surface area contributed by atoms with Crippen LogP contribution in [0.1, 0.15) is 54.1 Å². The van der Waals surface area contributed by atoms with Gasteiger partial charge >= 0.3 is 0 Å². The van der Waals surface area contributed by atoms with Crippen LogP contribution in [0, 0.1) is 5.92 Å². The molecule has 1 spiro atoms. The number of benzene rings is 1. The monoisotopic (exact) mass is 354 g/mol. The lowest BCUT2D eigenvalue weighted by Gasteiger charge is -2.42. The van der Waals surface area contributed by atoms with E-state index in [1.165, 1.54) is 11.1 Å². The predicted molar refractivity (Wildman–Crippen MR) is 98.0 cm³/mol. The van der Waals surface area contributed by atoms with E-state index in [9.17, 15) is 9.90 Å². The topological polar surface area (TPSA) is 66.6 Å². The largest absolute Gasteiger partial charge is 0.392 e. The molecule has 1 N–H and O–H groups in total. The summed E-state index contributed by atoms with van der Waals surface area (Å²) in [5.41, 5.74) is 2.69. The van der Waals surface area contributed by atoms with Crippen molar-refractivity contribution in [2.24, 2.45) is 5.92 Å². The van der Waals surface area contributed by atoms with Crippen molar-refractivity contribution >= 4 is 5.91 Å². The second-order valence-electron chi connectivity index (χ2n) is 8.10. The molecule has 2 aromatic rings. The number of aliphatic hydroxyl groups excluding tert-OH is 1. The molecule has 1 atom stereocenters.